The molecule has 0 unspecified atom stereocenters. The molecule has 0 saturated heterocycles. The van der Waals surface area contributed by atoms with Crippen molar-refractivity contribution in [2.45, 2.75) is 12.8 Å². The zero-order valence-corrected chi connectivity index (χ0v) is 16.8. The normalized spacial score (nSPS) is 10.7. The van der Waals surface area contributed by atoms with Crippen LogP contribution in [-0.4, -0.2) is 21.3 Å². The summed E-state index contributed by atoms with van der Waals surface area (Å²) in [6, 6.07) is 28.4. The van der Waals surface area contributed by atoms with Crippen LogP contribution < -0.4 is 0 Å². The van der Waals surface area contributed by atoms with E-state index in [1.807, 2.05) is 98.0 Å². The summed E-state index contributed by atoms with van der Waals surface area (Å²) < 4.78 is 1.75. The molecule has 4 nitrogen and oxygen atoms in total. The van der Waals surface area contributed by atoms with E-state index in [0.717, 1.165) is 28.1 Å². The van der Waals surface area contributed by atoms with E-state index in [9.17, 15) is 9.59 Å². The molecule has 148 valence electrons. The summed E-state index contributed by atoms with van der Waals surface area (Å²) in [5, 5.41) is 4.56. The van der Waals surface area contributed by atoms with E-state index in [-0.39, 0.29) is 11.6 Å². The van der Waals surface area contributed by atoms with Gasteiger partial charge >= 0.3 is 0 Å². The van der Waals surface area contributed by atoms with Gasteiger partial charge in [0.15, 0.2) is 11.6 Å². The van der Waals surface area contributed by atoms with Gasteiger partial charge in [-0.3, -0.25) is 14.3 Å². The lowest BCUT2D eigenvalue weighted by Crippen LogP contribution is -2.07. The lowest BCUT2D eigenvalue weighted by atomic mass is 10.0. The molecule has 0 aliphatic carbocycles. The molecule has 1 aromatic heterocycles. The van der Waals surface area contributed by atoms with Crippen LogP contribution in [0.25, 0.3) is 11.3 Å². The van der Waals surface area contributed by atoms with Crippen LogP contribution in [0, 0.1) is 0 Å². The van der Waals surface area contributed by atoms with Crippen molar-refractivity contribution in [3.8, 4) is 11.3 Å². The second-order valence-corrected chi connectivity index (χ2v) is 7.27. The van der Waals surface area contributed by atoms with Gasteiger partial charge in [0.25, 0.3) is 0 Å². The Morgan fingerprint density at radius 1 is 0.733 bits per heavy atom. The van der Waals surface area contributed by atoms with Crippen LogP contribution in [0.2, 0.25) is 0 Å². The molecule has 0 fully saturated rings. The van der Waals surface area contributed by atoms with E-state index in [2.05, 4.69) is 5.10 Å². The predicted molar refractivity (Wildman–Crippen MR) is 118 cm³/mol. The minimum atomic E-state index is 0.0694. The van der Waals surface area contributed by atoms with Crippen LogP contribution in [-0.2, 0) is 19.9 Å². The highest BCUT2D eigenvalue weighted by Crippen LogP contribution is 2.21. The van der Waals surface area contributed by atoms with Crippen LogP contribution >= 0.6 is 0 Å². The molecule has 0 N–H and O–H groups in total. The van der Waals surface area contributed by atoms with E-state index in [1.54, 1.807) is 4.68 Å². The smallest absolute Gasteiger partial charge is 0.168 e. The Balaban J connectivity index is 1.46. The van der Waals surface area contributed by atoms with E-state index in [1.165, 1.54) is 0 Å². The quantitative estimate of drug-likeness (QED) is 0.417. The minimum Gasteiger partial charge on any atom is -0.294 e. The van der Waals surface area contributed by atoms with Crippen LogP contribution in [0.5, 0.6) is 0 Å². The lowest BCUT2D eigenvalue weighted by molar-refractivity contribution is 0.0983. The molecule has 0 bridgehead atoms. The molecule has 0 aliphatic rings. The fourth-order valence-corrected chi connectivity index (χ4v) is 3.41. The number of hydrogen-bond donors (Lipinski definition) is 0. The molecule has 0 atom stereocenters. The number of aryl methyl sites for hydroxylation is 1. The van der Waals surface area contributed by atoms with Crippen molar-refractivity contribution in [1.29, 1.82) is 0 Å². The Labute approximate surface area is 175 Å². The number of carbonyl (C=O) groups excluding carboxylic acids is 2. The summed E-state index contributed by atoms with van der Waals surface area (Å²) in [4.78, 5) is 24.9. The first-order valence-corrected chi connectivity index (χ1v) is 9.89. The fraction of sp³-hybridized carbons (Fsp3) is 0.115. The molecule has 3 aromatic carbocycles. The number of aromatic nitrogens is 2. The zero-order chi connectivity index (χ0) is 20.9. The molecule has 4 rings (SSSR count). The first kappa shape index (κ1) is 19.5. The summed E-state index contributed by atoms with van der Waals surface area (Å²) in [7, 11) is 1.85. The highest BCUT2D eigenvalue weighted by atomic mass is 16.1. The van der Waals surface area contributed by atoms with Crippen LogP contribution in [0.1, 0.15) is 32.0 Å². The SMILES string of the molecule is Cn1nc(-c2ccc(CC(=O)c3ccccc3)cc2)cc1CC(=O)c1ccccc1. The molecule has 4 heteroatoms. The van der Waals surface area contributed by atoms with Crippen molar-refractivity contribution in [2.75, 3.05) is 0 Å². The Kier molecular flexibility index (Phi) is 5.66. The minimum absolute atomic E-state index is 0.0694. The van der Waals surface area contributed by atoms with E-state index >= 15 is 0 Å². The number of Topliss-reactive ketones (excluding diaryl/α,β-unsaturated/α-hetero) is 2. The Morgan fingerprint density at radius 3 is 1.83 bits per heavy atom. The average Bonchev–Trinajstić information content (AvgIpc) is 3.15. The fourth-order valence-electron chi connectivity index (χ4n) is 3.41. The summed E-state index contributed by atoms with van der Waals surface area (Å²) in [5.74, 6) is 0.169. The Hall–Kier alpha value is -3.79. The maximum Gasteiger partial charge on any atom is 0.168 e. The van der Waals surface area contributed by atoms with Gasteiger partial charge in [-0.15, -0.1) is 0 Å². The largest absolute Gasteiger partial charge is 0.294 e. The highest BCUT2D eigenvalue weighted by molar-refractivity contribution is 5.98. The highest BCUT2D eigenvalue weighted by Gasteiger charge is 2.13. The summed E-state index contributed by atoms with van der Waals surface area (Å²) in [5.41, 5.74) is 5.02. The Bertz CT molecular complexity index is 1160. The van der Waals surface area contributed by atoms with Crippen molar-refractivity contribution in [1.82, 2.24) is 9.78 Å². The van der Waals surface area contributed by atoms with Gasteiger partial charge in [0.2, 0.25) is 0 Å². The standard InChI is InChI=1S/C26H22N2O2/c1-28-23(18-26(30)22-10-6-3-7-11-22)17-24(27-28)20-14-12-19(13-15-20)16-25(29)21-8-4-2-5-9-21/h2-15,17H,16,18H2,1H3. The van der Waals surface area contributed by atoms with Crippen LogP contribution in [0.4, 0.5) is 0 Å². The number of ketones is 2. The molecule has 1 heterocycles. The van der Waals surface area contributed by atoms with E-state index in [0.29, 0.717) is 18.4 Å². The van der Waals surface area contributed by atoms with Crippen molar-refractivity contribution < 1.29 is 9.59 Å². The first-order chi connectivity index (χ1) is 14.6. The summed E-state index contributed by atoms with van der Waals surface area (Å²) >= 11 is 0. The van der Waals surface area contributed by atoms with Gasteiger partial charge in [0.1, 0.15) is 0 Å². The van der Waals surface area contributed by atoms with Gasteiger partial charge in [-0.1, -0.05) is 84.9 Å². The van der Waals surface area contributed by atoms with Crippen LogP contribution in [0.3, 0.4) is 0 Å². The molecular weight excluding hydrogens is 372 g/mol. The second-order valence-electron chi connectivity index (χ2n) is 7.27. The molecule has 30 heavy (non-hydrogen) atoms. The first-order valence-electron chi connectivity index (χ1n) is 9.89. The third kappa shape index (κ3) is 4.44. The number of hydrogen-bond acceptors (Lipinski definition) is 3. The van der Waals surface area contributed by atoms with Gasteiger partial charge in [0.05, 0.1) is 12.1 Å². The molecule has 0 aliphatic heterocycles. The number of benzene rings is 3. The van der Waals surface area contributed by atoms with Gasteiger partial charge in [0, 0.05) is 35.9 Å². The molecule has 0 amide bonds. The summed E-state index contributed by atoms with van der Waals surface area (Å²) in [6.45, 7) is 0. The number of carbonyl (C=O) groups is 2. The second kappa shape index (κ2) is 8.70. The molecule has 4 aromatic rings. The van der Waals surface area contributed by atoms with Crippen molar-refractivity contribution in [3.05, 3.63) is 113 Å². The summed E-state index contributed by atoms with van der Waals surface area (Å²) in [6.07, 6.45) is 0.667. The van der Waals surface area contributed by atoms with E-state index < -0.39 is 0 Å². The molecular formula is C26H22N2O2. The van der Waals surface area contributed by atoms with E-state index in [4.69, 9.17) is 0 Å². The number of nitrogens with zero attached hydrogens (tertiary/aromatic N) is 2. The van der Waals surface area contributed by atoms with Gasteiger partial charge in [-0.2, -0.15) is 5.10 Å². The molecule has 0 spiro atoms. The topological polar surface area (TPSA) is 52.0 Å². The van der Waals surface area contributed by atoms with Crippen LogP contribution in [0.15, 0.2) is 91.0 Å². The monoisotopic (exact) mass is 394 g/mol. The van der Waals surface area contributed by atoms with Gasteiger partial charge in [-0.25, -0.2) is 0 Å². The average molecular weight is 394 g/mol. The maximum absolute atomic E-state index is 12.5. The van der Waals surface area contributed by atoms with Gasteiger partial charge in [-0.05, 0) is 11.6 Å². The van der Waals surface area contributed by atoms with Gasteiger partial charge < -0.3 is 0 Å². The van der Waals surface area contributed by atoms with Crippen molar-refractivity contribution in [2.24, 2.45) is 7.05 Å². The van der Waals surface area contributed by atoms with Crippen molar-refractivity contribution >= 4 is 11.6 Å². The third-order valence-corrected chi connectivity index (χ3v) is 5.12. The lowest BCUT2D eigenvalue weighted by Gasteiger charge is -2.03. The molecule has 0 saturated carbocycles. The number of rotatable bonds is 7. The maximum atomic E-state index is 12.5. The third-order valence-electron chi connectivity index (χ3n) is 5.12. The Morgan fingerprint density at radius 2 is 1.27 bits per heavy atom. The molecule has 0 radical (unpaired) electrons. The zero-order valence-electron chi connectivity index (χ0n) is 16.8. The van der Waals surface area contributed by atoms with Crippen molar-refractivity contribution in [3.63, 3.8) is 0 Å². The predicted octanol–water partition coefficient (Wildman–Crippen LogP) is 4.94.